The highest BCUT2D eigenvalue weighted by Gasteiger charge is 2.24. The third-order valence-corrected chi connectivity index (χ3v) is 6.24. The summed E-state index contributed by atoms with van der Waals surface area (Å²) in [6.07, 6.45) is 0. The van der Waals surface area contributed by atoms with Gasteiger partial charge in [0.15, 0.2) is 10.9 Å². The largest absolute Gasteiger partial charge is 0.378 e. The lowest BCUT2D eigenvalue weighted by Gasteiger charge is -2.28. The van der Waals surface area contributed by atoms with Gasteiger partial charge in [0.25, 0.3) is 0 Å². The number of aryl methyl sites for hydroxylation is 1. The number of benzene rings is 2. The van der Waals surface area contributed by atoms with E-state index in [2.05, 4.69) is 31.8 Å². The van der Waals surface area contributed by atoms with Crippen LogP contribution in [0.1, 0.15) is 28.4 Å². The van der Waals surface area contributed by atoms with Gasteiger partial charge in [-0.25, -0.2) is 0 Å². The number of ether oxygens (including phenoxy) is 1. The summed E-state index contributed by atoms with van der Waals surface area (Å²) in [7, 11) is 0. The number of anilines is 1. The molecule has 30 heavy (non-hydrogen) atoms. The van der Waals surface area contributed by atoms with Crippen molar-refractivity contribution in [2.45, 2.75) is 30.8 Å². The first kappa shape index (κ1) is 20.6. The number of hydrogen-bond donors (Lipinski definition) is 0. The lowest BCUT2D eigenvalue weighted by atomic mass is 10.1. The first-order chi connectivity index (χ1) is 14.6. The van der Waals surface area contributed by atoms with Crippen LogP contribution in [0.25, 0.3) is 0 Å². The van der Waals surface area contributed by atoms with Crippen molar-refractivity contribution in [2.75, 3.05) is 31.2 Å². The number of rotatable bonds is 7. The summed E-state index contributed by atoms with van der Waals surface area (Å²) >= 11 is 1.46. The Morgan fingerprint density at radius 2 is 1.77 bits per heavy atom. The second-order valence-corrected chi connectivity index (χ2v) is 8.75. The van der Waals surface area contributed by atoms with Gasteiger partial charge in [0.1, 0.15) is 0 Å². The molecule has 7 heteroatoms. The van der Waals surface area contributed by atoms with Gasteiger partial charge in [0, 0.05) is 18.7 Å². The van der Waals surface area contributed by atoms with Crippen molar-refractivity contribution in [3.63, 3.8) is 0 Å². The van der Waals surface area contributed by atoms with Gasteiger partial charge in [0.05, 0.1) is 25.0 Å². The first-order valence-electron chi connectivity index (χ1n) is 10.2. The third kappa shape index (κ3) is 4.74. The molecular formula is C23H26N4O2S. The van der Waals surface area contributed by atoms with Crippen molar-refractivity contribution >= 4 is 23.5 Å². The van der Waals surface area contributed by atoms with Crippen LogP contribution < -0.4 is 4.90 Å². The summed E-state index contributed by atoms with van der Waals surface area (Å²) in [4.78, 5) is 15.1. The molecule has 1 saturated heterocycles. The van der Waals surface area contributed by atoms with Crippen molar-refractivity contribution in [1.29, 1.82) is 0 Å². The van der Waals surface area contributed by atoms with Crippen molar-refractivity contribution in [2.24, 2.45) is 0 Å². The maximum Gasteiger partial charge on any atom is 0.228 e. The molecular weight excluding hydrogens is 396 g/mol. The average molecular weight is 423 g/mol. The Labute approximate surface area is 181 Å². The van der Waals surface area contributed by atoms with E-state index in [9.17, 15) is 4.79 Å². The number of nitrogens with zero attached hydrogens (tertiary/aromatic N) is 4. The highest BCUT2D eigenvalue weighted by molar-refractivity contribution is 8.00. The van der Waals surface area contributed by atoms with Gasteiger partial charge in [-0.05, 0) is 19.4 Å². The maximum atomic E-state index is 12.9. The fourth-order valence-corrected chi connectivity index (χ4v) is 4.35. The Kier molecular flexibility index (Phi) is 6.50. The van der Waals surface area contributed by atoms with Crippen LogP contribution in [0.3, 0.4) is 0 Å². The molecule has 6 nitrogen and oxygen atoms in total. The van der Waals surface area contributed by atoms with Crippen LogP contribution in [0.15, 0.2) is 59.8 Å². The van der Waals surface area contributed by atoms with Gasteiger partial charge < -0.3 is 9.64 Å². The van der Waals surface area contributed by atoms with E-state index in [4.69, 9.17) is 4.74 Å². The molecule has 0 bridgehead atoms. The number of carbonyl (C=O) groups excluding carboxylic acids is 1. The van der Waals surface area contributed by atoms with Gasteiger partial charge in [0.2, 0.25) is 5.95 Å². The van der Waals surface area contributed by atoms with Crippen molar-refractivity contribution < 1.29 is 9.53 Å². The molecule has 0 aliphatic carbocycles. The molecule has 1 fully saturated rings. The minimum atomic E-state index is -0.260. The summed E-state index contributed by atoms with van der Waals surface area (Å²) in [5.74, 6) is 0.932. The van der Waals surface area contributed by atoms with Crippen LogP contribution in [-0.2, 0) is 11.3 Å². The minimum Gasteiger partial charge on any atom is -0.378 e. The Hall–Kier alpha value is -2.64. The normalized spacial score (nSPS) is 15.2. The molecule has 2 aromatic carbocycles. The fourth-order valence-electron chi connectivity index (χ4n) is 3.43. The predicted octanol–water partition coefficient (Wildman–Crippen LogP) is 3.83. The lowest BCUT2D eigenvalue weighted by Crippen LogP contribution is -2.38. The summed E-state index contributed by atoms with van der Waals surface area (Å²) in [6.45, 7) is 7.56. The van der Waals surface area contributed by atoms with Crippen molar-refractivity contribution in [3.05, 3.63) is 71.3 Å². The van der Waals surface area contributed by atoms with E-state index in [-0.39, 0.29) is 11.0 Å². The Balaban J connectivity index is 1.59. The van der Waals surface area contributed by atoms with Crippen LogP contribution in [0.5, 0.6) is 0 Å². The maximum absolute atomic E-state index is 12.9. The zero-order chi connectivity index (χ0) is 20.9. The average Bonchev–Trinajstić information content (AvgIpc) is 3.17. The number of carbonyl (C=O) groups is 1. The molecule has 1 aliphatic rings. The van der Waals surface area contributed by atoms with E-state index in [0.717, 1.165) is 35.3 Å². The number of ketones is 1. The van der Waals surface area contributed by atoms with Crippen LogP contribution in [0.4, 0.5) is 5.95 Å². The Bertz CT molecular complexity index is 982. The quantitative estimate of drug-likeness (QED) is 0.426. The van der Waals surface area contributed by atoms with E-state index in [0.29, 0.717) is 19.8 Å². The molecule has 0 saturated carbocycles. The smallest absolute Gasteiger partial charge is 0.228 e. The van der Waals surface area contributed by atoms with Gasteiger partial charge in [-0.3, -0.25) is 9.36 Å². The Morgan fingerprint density at radius 1 is 1.07 bits per heavy atom. The lowest BCUT2D eigenvalue weighted by molar-refractivity contribution is 0.0994. The summed E-state index contributed by atoms with van der Waals surface area (Å²) in [6, 6.07) is 18.0. The van der Waals surface area contributed by atoms with Gasteiger partial charge in [-0.2, -0.15) is 0 Å². The first-order valence-corrected chi connectivity index (χ1v) is 11.1. The highest BCUT2D eigenvalue weighted by Crippen LogP contribution is 2.28. The van der Waals surface area contributed by atoms with Crippen LogP contribution in [0, 0.1) is 6.92 Å². The monoisotopic (exact) mass is 422 g/mol. The number of thioether (sulfide) groups is 1. The van der Waals surface area contributed by atoms with Gasteiger partial charge in [-0.1, -0.05) is 71.9 Å². The molecule has 156 valence electrons. The summed E-state index contributed by atoms with van der Waals surface area (Å²) in [5.41, 5.74) is 3.04. The molecule has 4 rings (SSSR count). The van der Waals surface area contributed by atoms with E-state index in [1.54, 1.807) is 0 Å². The zero-order valence-electron chi connectivity index (χ0n) is 17.3. The van der Waals surface area contributed by atoms with Crippen molar-refractivity contribution in [3.8, 4) is 0 Å². The second kappa shape index (κ2) is 9.45. The van der Waals surface area contributed by atoms with Gasteiger partial charge >= 0.3 is 0 Å². The van der Waals surface area contributed by atoms with Gasteiger partial charge in [-0.15, -0.1) is 10.2 Å². The molecule has 0 unspecified atom stereocenters. The highest BCUT2D eigenvalue weighted by atomic mass is 32.2. The van der Waals surface area contributed by atoms with Crippen LogP contribution in [-0.4, -0.2) is 52.1 Å². The molecule has 1 aliphatic heterocycles. The standard InChI is InChI=1S/C23H26N4O2S/c1-17-8-10-20(11-9-17)21(28)18(2)30-23-25-24-22(26-12-14-29-15-13-26)27(23)16-19-6-4-3-5-7-19/h3-11,18H,12-16H2,1-2H3/t18-/m1/s1. The molecule has 0 spiro atoms. The molecule has 2 heterocycles. The topological polar surface area (TPSA) is 60.3 Å². The van der Waals surface area contributed by atoms with Crippen LogP contribution >= 0.6 is 11.8 Å². The minimum absolute atomic E-state index is 0.0992. The number of morpholine rings is 1. The van der Waals surface area contributed by atoms with E-state index in [1.807, 2.05) is 56.3 Å². The summed E-state index contributed by atoms with van der Waals surface area (Å²) in [5, 5.41) is 9.44. The SMILES string of the molecule is Cc1ccc(C(=O)[C@@H](C)Sc2nnc(N3CCOCC3)n2Cc2ccccc2)cc1. The number of aromatic nitrogens is 3. The molecule has 0 radical (unpaired) electrons. The molecule has 0 N–H and O–H groups in total. The summed E-state index contributed by atoms with van der Waals surface area (Å²) < 4.78 is 7.61. The van der Waals surface area contributed by atoms with E-state index < -0.39 is 0 Å². The van der Waals surface area contributed by atoms with Crippen LogP contribution in [0.2, 0.25) is 0 Å². The molecule has 1 aromatic heterocycles. The third-order valence-electron chi connectivity index (χ3n) is 5.16. The molecule has 0 amide bonds. The Morgan fingerprint density at radius 3 is 2.47 bits per heavy atom. The fraction of sp³-hybridized carbons (Fsp3) is 0.348. The number of Topliss-reactive ketones (excluding diaryl/α,β-unsaturated/α-hetero) is 1. The second-order valence-electron chi connectivity index (χ2n) is 7.44. The number of hydrogen-bond acceptors (Lipinski definition) is 6. The predicted molar refractivity (Wildman–Crippen MR) is 119 cm³/mol. The van der Waals surface area contributed by atoms with E-state index >= 15 is 0 Å². The van der Waals surface area contributed by atoms with E-state index in [1.165, 1.54) is 17.3 Å². The zero-order valence-corrected chi connectivity index (χ0v) is 18.1. The molecule has 1 atom stereocenters. The van der Waals surface area contributed by atoms with Crippen molar-refractivity contribution in [1.82, 2.24) is 14.8 Å². The molecule has 3 aromatic rings.